The van der Waals surface area contributed by atoms with E-state index in [0.717, 1.165) is 4.57 Å². The maximum atomic E-state index is 13.2. The predicted octanol–water partition coefficient (Wildman–Crippen LogP) is 0.568. The minimum absolute atomic E-state index is 0.0217. The van der Waals surface area contributed by atoms with Crippen LogP contribution in [0.3, 0.4) is 0 Å². The number of fused-ring (bicyclic) bond motifs is 1. The third kappa shape index (κ3) is 5.35. The quantitative estimate of drug-likeness (QED) is 0.392. The molecular weight excluding hydrogens is 428 g/mol. The van der Waals surface area contributed by atoms with Crippen LogP contribution < -0.4 is 21.9 Å². The molecule has 1 heterocycles. The lowest BCUT2D eigenvalue weighted by molar-refractivity contribution is -0.141. The Morgan fingerprint density at radius 2 is 1.52 bits per heavy atom. The van der Waals surface area contributed by atoms with Crippen molar-refractivity contribution in [2.24, 2.45) is 0 Å². The molecule has 2 aromatic carbocycles. The first-order chi connectivity index (χ1) is 15.7. The molecule has 10 nitrogen and oxygen atoms in total. The molecule has 172 valence electrons. The summed E-state index contributed by atoms with van der Waals surface area (Å²) in [5, 5.41) is 14.0. The molecule has 0 radical (unpaired) electrons. The zero-order valence-electron chi connectivity index (χ0n) is 18.1. The molecule has 3 rings (SSSR count). The highest BCUT2D eigenvalue weighted by atomic mass is 16.4. The molecule has 3 atom stereocenters. The molecule has 0 aliphatic rings. The Hall–Kier alpha value is -4.21. The van der Waals surface area contributed by atoms with Crippen LogP contribution in [-0.4, -0.2) is 44.5 Å². The summed E-state index contributed by atoms with van der Waals surface area (Å²) in [4.78, 5) is 65.1. The monoisotopic (exact) mass is 452 g/mol. The number of hydrogen-bond donors (Lipinski definition) is 4. The van der Waals surface area contributed by atoms with Gasteiger partial charge in [0.2, 0.25) is 11.8 Å². The number of aromatic nitrogens is 2. The largest absolute Gasteiger partial charge is 0.480 e. The van der Waals surface area contributed by atoms with Crippen molar-refractivity contribution in [3.8, 4) is 0 Å². The number of hydrogen-bond acceptors (Lipinski definition) is 5. The second kappa shape index (κ2) is 9.94. The second-order valence-electron chi connectivity index (χ2n) is 7.66. The third-order valence-corrected chi connectivity index (χ3v) is 5.20. The van der Waals surface area contributed by atoms with Crippen molar-refractivity contribution in [2.45, 2.75) is 38.4 Å². The standard InChI is InChI=1S/C23H24N4O6/c1-13(19(28)25-14(2)22(31)32)24-20(29)18(12-15-8-4-3-5-9-15)27-21(30)16-10-6-7-11-17(16)26-23(27)33/h3-11,13-14,18H,12H2,1-2H3,(H,24,29)(H,25,28)(H,26,33)(H,31,32)/t13-,14-,18-/m0/s1. The number of H-pyrrole nitrogens is 1. The van der Waals surface area contributed by atoms with Crippen LogP contribution in [0, 0.1) is 0 Å². The number of para-hydroxylation sites is 1. The van der Waals surface area contributed by atoms with E-state index in [1.807, 2.05) is 0 Å². The fourth-order valence-corrected chi connectivity index (χ4v) is 3.37. The van der Waals surface area contributed by atoms with Crippen molar-refractivity contribution < 1.29 is 19.5 Å². The molecule has 0 unspecified atom stereocenters. The van der Waals surface area contributed by atoms with Gasteiger partial charge in [0.15, 0.2) is 0 Å². The molecule has 0 bridgehead atoms. The molecule has 0 aliphatic carbocycles. The molecule has 4 N–H and O–H groups in total. The first kappa shape index (κ1) is 23.5. The van der Waals surface area contributed by atoms with Crippen LogP contribution in [0.5, 0.6) is 0 Å². The van der Waals surface area contributed by atoms with Crippen LogP contribution in [0.1, 0.15) is 25.5 Å². The summed E-state index contributed by atoms with van der Waals surface area (Å²) >= 11 is 0. The number of carbonyl (C=O) groups is 3. The lowest BCUT2D eigenvalue weighted by atomic mass is 10.0. The van der Waals surface area contributed by atoms with Gasteiger partial charge < -0.3 is 20.7 Å². The minimum atomic E-state index is -1.25. The van der Waals surface area contributed by atoms with Gasteiger partial charge in [-0.2, -0.15) is 0 Å². The van der Waals surface area contributed by atoms with Gasteiger partial charge in [0.25, 0.3) is 5.56 Å². The summed E-state index contributed by atoms with van der Waals surface area (Å²) < 4.78 is 0.842. The Kier molecular flexibility index (Phi) is 7.07. The number of carboxylic acids is 1. The lowest BCUT2D eigenvalue weighted by Gasteiger charge is -2.22. The first-order valence-corrected chi connectivity index (χ1v) is 10.3. The highest BCUT2D eigenvalue weighted by Gasteiger charge is 2.28. The molecule has 33 heavy (non-hydrogen) atoms. The fraction of sp³-hybridized carbons (Fsp3) is 0.261. The van der Waals surface area contributed by atoms with Crippen LogP contribution in [0.25, 0.3) is 10.9 Å². The van der Waals surface area contributed by atoms with Crippen molar-refractivity contribution in [2.75, 3.05) is 0 Å². The number of carboxylic acid groups (broad SMARTS) is 1. The van der Waals surface area contributed by atoms with Crippen LogP contribution in [0.15, 0.2) is 64.2 Å². The Bertz CT molecular complexity index is 1300. The average molecular weight is 452 g/mol. The molecular formula is C23H24N4O6. The zero-order chi connectivity index (χ0) is 24.1. The van der Waals surface area contributed by atoms with Crippen molar-refractivity contribution >= 4 is 28.7 Å². The van der Waals surface area contributed by atoms with E-state index in [0.29, 0.717) is 11.1 Å². The summed E-state index contributed by atoms with van der Waals surface area (Å²) in [6, 6.07) is 11.8. The van der Waals surface area contributed by atoms with Crippen LogP contribution >= 0.6 is 0 Å². The molecule has 0 saturated carbocycles. The molecule has 0 fully saturated rings. The Morgan fingerprint density at radius 3 is 2.18 bits per heavy atom. The van der Waals surface area contributed by atoms with Crippen molar-refractivity contribution in [3.05, 3.63) is 81.0 Å². The minimum Gasteiger partial charge on any atom is -0.480 e. The molecule has 10 heteroatoms. The van der Waals surface area contributed by atoms with Gasteiger partial charge in [-0.25, -0.2) is 9.36 Å². The van der Waals surface area contributed by atoms with E-state index in [1.165, 1.54) is 13.8 Å². The number of nitrogens with one attached hydrogen (secondary N) is 3. The highest BCUT2D eigenvalue weighted by molar-refractivity contribution is 5.91. The fourth-order valence-electron chi connectivity index (χ4n) is 3.37. The van der Waals surface area contributed by atoms with Crippen molar-refractivity contribution in [1.29, 1.82) is 0 Å². The van der Waals surface area contributed by atoms with Gasteiger partial charge in [0.1, 0.15) is 18.1 Å². The summed E-state index contributed by atoms with van der Waals surface area (Å²) in [6.45, 7) is 2.68. The molecule has 3 aromatic rings. The summed E-state index contributed by atoms with van der Waals surface area (Å²) in [6.07, 6.45) is 0.0217. The average Bonchev–Trinajstić information content (AvgIpc) is 2.78. The van der Waals surface area contributed by atoms with Gasteiger partial charge >= 0.3 is 11.7 Å². The van der Waals surface area contributed by atoms with E-state index in [2.05, 4.69) is 15.6 Å². The van der Waals surface area contributed by atoms with E-state index in [9.17, 15) is 24.0 Å². The third-order valence-electron chi connectivity index (χ3n) is 5.20. The van der Waals surface area contributed by atoms with Gasteiger partial charge in [-0.05, 0) is 31.5 Å². The van der Waals surface area contributed by atoms with Crippen LogP contribution in [-0.2, 0) is 20.8 Å². The number of carbonyl (C=O) groups excluding carboxylic acids is 2. The smallest absolute Gasteiger partial charge is 0.329 e. The Labute approximate surface area is 188 Å². The molecule has 0 saturated heterocycles. The van der Waals surface area contributed by atoms with Crippen molar-refractivity contribution in [3.63, 3.8) is 0 Å². The predicted molar refractivity (Wildman–Crippen MR) is 121 cm³/mol. The number of rotatable bonds is 8. The van der Waals surface area contributed by atoms with Gasteiger partial charge in [0, 0.05) is 6.42 Å². The van der Waals surface area contributed by atoms with Gasteiger partial charge in [-0.15, -0.1) is 0 Å². The number of aromatic amines is 1. The highest BCUT2D eigenvalue weighted by Crippen LogP contribution is 2.14. The van der Waals surface area contributed by atoms with Gasteiger partial charge in [-0.1, -0.05) is 42.5 Å². The number of benzene rings is 2. The van der Waals surface area contributed by atoms with Crippen LogP contribution in [0.2, 0.25) is 0 Å². The summed E-state index contributed by atoms with van der Waals surface area (Å²) in [7, 11) is 0. The van der Waals surface area contributed by atoms with Crippen molar-refractivity contribution in [1.82, 2.24) is 20.2 Å². The SMILES string of the molecule is C[C@H](NC(=O)[C@H](C)NC(=O)[C@H](Cc1ccccc1)n1c(=O)[nH]c2ccccc2c1=O)C(=O)O. The van der Waals surface area contributed by atoms with E-state index in [4.69, 9.17) is 5.11 Å². The Morgan fingerprint density at radius 1 is 0.909 bits per heavy atom. The molecule has 1 aromatic heterocycles. The van der Waals surface area contributed by atoms with Crippen LogP contribution in [0.4, 0.5) is 0 Å². The first-order valence-electron chi connectivity index (χ1n) is 10.3. The van der Waals surface area contributed by atoms with E-state index in [-0.39, 0.29) is 11.8 Å². The molecule has 0 aliphatic heterocycles. The maximum absolute atomic E-state index is 13.2. The molecule has 2 amide bonds. The summed E-state index contributed by atoms with van der Waals surface area (Å²) in [5.74, 6) is -2.66. The van der Waals surface area contributed by atoms with E-state index < -0.39 is 47.2 Å². The Balaban J connectivity index is 1.97. The number of aliphatic carboxylic acids is 1. The lowest BCUT2D eigenvalue weighted by Crippen LogP contribution is -2.52. The number of amides is 2. The normalized spacial score (nSPS) is 13.6. The van der Waals surface area contributed by atoms with E-state index >= 15 is 0 Å². The zero-order valence-corrected chi connectivity index (χ0v) is 18.1. The topological polar surface area (TPSA) is 150 Å². The van der Waals surface area contributed by atoms with Gasteiger partial charge in [-0.3, -0.25) is 19.2 Å². The molecule has 0 spiro atoms. The summed E-state index contributed by atoms with van der Waals surface area (Å²) in [5.41, 5.74) is -0.347. The maximum Gasteiger partial charge on any atom is 0.329 e. The number of nitrogens with zero attached hydrogens (tertiary/aromatic N) is 1. The van der Waals surface area contributed by atoms with E-state index in [1.54, 1.807) is 54.6 Å². The second-order valence-corrected chi connectivity index (χ2v) is 7.66. The van der Waals surface area contributed by atoms with Gasteiger partial charge in [0.05, 0.1) is 10.9 Å².